The number of nitrogens with one attached hydrogen (secondary N) is 1. The minimum absolute atomic E-state index is 0.283. The summed E-state index contributed by atoms with van der Waals surface area (Å²) in [6.07, 6.45) is 0. The van der Waals surface area contributed by atoms with Crippen molar-refractivity contribution in [2.45, 2.75) is 6.92 Å². The molecular weight excluding hydrogens is 232 g/mol. The van der Waals surface area contributed by atoms with E-state index in [0.717, 1.165) is 5.56 Å². The Labute approximate surface area is 97.5 Å². The molecule has 0 bridgehead atoms. The molecule has 0 aliphatic heterocycles. The second kappa shape index (κ2) is 5.48. The number of benzene rings is 1. The van der Waals surface area contributed by atoms with Gasteiger partial charge in [0.2, 0.25) is 5.91 Å². The zero-order valence-corrected chi connectivity index (χ0v) is 9.38. The molecule has 3 N–H and O–H groups in total. The second-order valence-electron chi connectivity index (χ2n) is 3.12. The van der Waals surface area contributed by atoms with Gasteiger partial charge in [0.05, 0.1) is 10.6 Å². The first-order chi connectivity index (χ1) is 7.52. The summed E-state index contributed by atoms with van der Waals surface area (Å²) >= 11 is 5.92. The normalized spacial score (nSPS) is 9.88. The van der Waals surface area contributed by atoms with Crippen molar-refractivity contribution in [3.63, 3.8) is 0 Å². The summed E-state index contributed by atoms with van der Waals surface area (Å²) in [5, 5.41) is 0.350. The predicted molar refractivity (Wildman–Crippen MR) is 58.8 cm³/mol. The van der Waals surface area contributed by atoms with Crippen molar-refractivity contribution in [2.24, 2.45) is 5.73 Å². The van der Waals surface area contributed by atoms with Gasteiger partial charge in [0, 0.05) is 0 Å². The molecule has 16 heavy (non-hydrogen) atoms. The lowest BCUT2D eigenvalue weighted by Gasteiger charge is -2.07. The molecule has 0 atom stereocenters. The van der Waals surface area contributed by atoms with Crippen LogP contribution in [0.15, 0.2) is 18.2 Å². The van der Waals surface area contributed by atoms with Crippen LogP contribution in [-0.2, 0) is 9.63 Å². The van der Waals surface area contributed by atoms with Gasteiger partial charge >= 0.3 is 0 Å². The topological polar surface area (TPSA) is 81.4 Å². The lowest BCUT2D eigenvalue weighted by Crippen LogP contribution is -2.29. The Kier molecular flexibility index (Phi) is 4.28. The molecule has 1 rings (SSSR count). The number of amides is 2. The minimum Gasteiger partial charge on any atom is -0.368 e. The second-order valence-corrected chi connectivity index (χ2v) is 3.50. The van der Waals surface area contributed by atoms with Crippen molar-refractivity contribution in [3.05, 3.63) is 34.3 Å². The van der Waals surface area contributed by atoms with E-state index in [0.29, 0.717) is 5.02 Å². The van der Waals surface area contributed by atoms with E-state index in [4.69, 9.17) is 17.3 Å². The molecule has 0 unspecified atom stereocenters. The standard InChI is InChI=1S/C10H11ClN2O3/c1-6-3-2-4-7(9(6)11)10(15)13-16-5-8(12)14/h2-4H,5H2,1H3,(H2,12,14)(H,13,15). The number of rotatable bonds is 4. The molecule has 0 heterocycles. The first-order valence-electron chi connectivity index (χ1n) is 4.48. The fourth-order valence-electron chi connectivity index (χ4n) is 1.05. The summed E-state index contributed by atoms with van der Waals surface area (Å²) in [7, 11) is 0. The summed E-state index contributed by atoms with van der Waals surface area (Å²) in [6.45, 7) is 1.40. The minimum atomic E-state index is -0.671. The summed E-state index contributed by atoms with van der Waals surface area (Å²) in [5.74, 6) is -1.19. The highest BCUT2D eigenvalue weighted by molar-refractivity contribution is 6.34. The molecule has 0 fully saturated rings. The van der Waals surface area contributed by atoms with Gasteiger partial charge in [-0.25, -0.2) is 5.48 Å². The highest BCUT2D eigenvalue weighted by Gasteiger charge is 2.11. The van der Waals surface area contributed by atoms with Crippen molar-refractivity contribution in [3.8, 4) is 0 Å². The van der Waals surface area contributed by atoms with Crippen molar-refractivity contribution in [2.75, 3.05) is 6.61 Å². The van der Waals surface area contributed by atoms with Gasteiger partial charge in [-0.05, 0) is 18.6 Å². The van der Waals surface area contributed by atoms with E-state index < -0.39 is 11.8 Å². The third-order valence-electron chi connectivity index (χ3n) is 1.82. The maximum Gasteiger partial charge on any atom is 0.276 e. The summed E-state index contributed by atoms with van der Waals surface area (Å²) in [5.41, 5.74) is 7.97. The van der Waals surface area contributed by atoms with E-state index >= 15 is 0 Å². The van der Waals surface area contributed by atoms with Crippen LogP contribution in [0.3, 0.4) is 0 Å². The lowest BCUT2D eigenvalue weighted by molar-refractivity contribution is -0.124. The van der Waals surface area contributed by atoms with Gasteiger partial charge in [0.1, 0.15) is 0 Å². The number of carbonyl (C=O) groups is 2. The van der Waals surface area contributed by atoms with Gasteiger partial charge in [-0.15, -0.1) is 0 Å². The molecule has 0 aliphatic carbocycles. The number of hydrogen-bond acceptors (Lipinski definition) is 3. The average molecular weight is 243 g/mol. The summed E-state index contributed by atoms with van der Waals surface area (Å²) in [6, 6.07) is 5.03. The fraction of sp³-hybridized carbons (Fsp3) is 0.200. The molecule has 5 nitrogen and oxygen atoms in total. The van der Waals surface area contributed by atoms with Gasteiger partial charge in [0.25, 0.3) is 5.91 Å². The maximum absolute atomic E-state index is 11.5. The zero-order valence-electron chi connectivity index (χ0n) is 8.62. The van der Waals surface area contributed by atoms with Crippen molar-refractivity contribution in [1.82, 2.24) is 5.48 Å². The Morgan fingerprint density at radius 2 is 2.19 bits per heavy atom. The van der Waals surface area contributed by atoms with Crippen LogP contribution in [0.1, 0.15) is 15.9 Å². The van der Waals surface area contributed by atoms with Crippen LogP contribution < -0.4 is 11.2 Å². The number of hydrogen-bond donors (Lipinski definition) is 2. The van der Waals surface area contributed by atoms with Crippen molar-refractivity contribution in [1.29, 1.82) is 0 Å². The van der Waals surface area contributed by atoms with Gasteiger partial charge in [-0.2, -0.15) is 0 Å². The Morgan fingerprint density at radius 3 is 2.81 bits per heavy atom. The highest BCUT2D eigenvalue weighted by atomic mass is 35.5. The van der Waals surface area contributed by atoms with Crippen molar-refractivity contribution < 1.29 is 14.4 Å². The Hall–Kier alpha value is -1.59. The molecule has 0 saturated carbocycles. The van der Waals surface area contributed by atoms with E-state index in [2.05, 4.69) is 10.3 Å². The molecule has 0 spiro atoms. The molecule has 0 radical (unpaired) electrons. The molecule has 6 heteroatoms. The number of carbonyl (C=O) groups excluding carboxylic acids is 2. The van der Waals surface area contributed by atoms with E-state index in [1.165, 1.54) is 0 Å². The first kappa shape index (κ1) is 12.5. The van der Waals surface area contributed by atoms with Gasteiger partial charge in [-0.1, -0.05) is 23.7 Å². The highest BCUT2D eigenvalue weighted by Crippen LogP contribution is 2.19. The number of primary amides is 1. The lowest BCUT2D eigenvalue weighted by atomic mass is 10.1. The van der Waals surface area contributed by atoms with E-state index in [1.807, 2.05) is 0 Å². The molecule has 1 aromatic rings. The molecular formula is C10H11ClN2O3. The van der Waals surface area contributed by atoms with Crippen LogP contribution in [0.5, 0.6) is 0 Å². The smallest absolute Gasteiger partial charge is 0.276 e. The molecule has 1 aromatic carbocycles. The SMILES string of the molecule is Cc1cccc(C(=O)NOCC(N)=O)c1Cl. The average Bonchev–Trinajstić information content (AvgIpc) is 2.21. The number of halogens is 1. The third-order valence-corrected chi connectivity index (χ3v) is 2.32. The fourth-order valence-corrected chi connectivity index (χ4v) is 1.26. The Bertz CT molecular complexity index is 421. The number of hydroxylamine groups is 1. The predicted octanol–water partition coefficient (Wildman–Crippen LogP) is 0.795. The zero-order chi connectivity index (χ0) is 12.1. The summed E-state index contributed by atoms with van der Waals surface area (Å²) < 4.78 is 0. The number of aryl methyl sites for hydroxylation is 1. The maximum atomic E-state index is 11.5. The van der Waals surface area contributed by atoms with Crippen LogP contribution in [0.25, 0.3) is 0 Å². The third kappa shape index (κ3) is 3.22. The molecule has 86 valence electrons. The van der Waals surface area contributed by atoms with Crippen LogP contribution >= 0.6 is 11.6 Å². The largest absolute Gasteiger partial charge is 0.368 e. The van der Waals surface area contributed by atoms with Crippen LogP contribution in [0, 0.1) is 6.92 Å². The van der Waals surface area contributed by atoms with Crippen LogP contribution in [0.4, 0.5) is 0 Å². The Balaban J connectivity index is 2.66. The van der Waals surface area contributed by atoms with Gasteiger partial charge in [-0.3, -0.25) is 14.4 Å². The number of nitrogens with two attached hydrogens (primary N) is 1. The van der Waals surface area contributed by atoms with Gasteiger partial charge < -0.3 is 5.73 Å². The van der Waals surface area contributed by atoms with Gasteiger partial charge in [0.15, 0.2) is 6.61 Å². The quantitative estimate of drug-likeness (QED) is 0.766. The molecule has 0 aromatic heterocycles. The monoisotopic (exact) mass is 242 g/mol. The summed E-state index contributed by atoms with van der Waals surface area (Å²) in [4.78, 5) is 26.5. The Morgan fingerprint density at radius 1 is 1.50 bits per heavy atom. The molecule has 2 amide bonds. The van der Waals surface area contributed by atoms with Crippen molar-refractivity contribution >= 4 is 23.4 Å². The van der Waals surface area contributed by atoms with E-state index in [9.17, 15) is 9.59 Å². The molecule has 0 saturated heterocycles. The van der Waals surface area contributed by atoms with E-state index in [1.54, 1.807) is 25.1 Å². The van der Waals surface area contributed by atoms with E-state index in [-0.39, 0.29) is 12.2 Å². The first-order valence-corrected chi connectivity index (χ1v) is 4.85. The molecule has 0 aliphatic rings. The van der Waals surface area contributed by atoms with Crippen LogP contribution in [-0.4, -0.2) is 18.4 Å². The van der Waals surface area contributed by atoms with Crippen LogP contribution in [0.2, 0.25) is 5.02 Å².